The van der Waals surface area contributed by atoms with Crippen molar-refractivity contribution in [2.24, 2.45) is 0 Å². The highest BCUT2D eigenvalue weighted by Gasteiger charge is 2.10. The van der Waals surface area contributed by atoms with Crippen LogP contribution in [-0.4, -0.2) is 16.6 Å². The van der Waals surface area contributed by atoms with E-state index in [2.05, 4.69) is 9.97 Å². The fraction of sp³-hybridized carbons (Fsp3) is 0.231. The van der Waals surface area contributed by atoms with Gasteiger partial charge in [0.1, 0.15) is 11.4 Å². The number of pyridine rings is 2. The van der Waals surface area contributed by atoms with Crippen molar-refractivity contribution in [3.63, 3.8) is 0 Å². The minimum absolute atomic E-state index is 0.631. The van der Waals surface area contributed by atoms with Crippen molar-refractivity contribution < 1.29 is 4.74 Å². The third-order valence-electron chi connectivity index (χ3n) is 2.30. The third kappa shape index (κ3) is 2.03. The van der Waals surface area contributed by atoms with Crippen molar-refractivity contribution in [1.29, 1.82) is 0 Å². The van der Waals surface area contributed by atoms with Gasteiger partial charge in [-0.15, -0.1) is 0 Å². The molecule has 16 heavy (non-hydrogen) atoms. The highest BCUT2D eigenvalue weighted by atomic mass is 16.5. The molecule has 0 radical (unpaired) electrons. The average molecular weight is 214 g/mol. The first-order chi connectivity index (χ1) is 7.83. The molecule has 0 saturated carbocycles. The summed E-state index contributed by atoms with van der Waals surface area (Å²) >= 11 is 0. The van der Waals surface area contributed by atoms with Crippen LogP contribution < -0.4 is 4.74 Å². The van der Waals surface area contributed by atoms with Crippen molar-refractivity contribution in [1.82, 2.24) is 9.97 Å². The van der Waals surface area contributed by atoms with Crippen LogP contribution in [0.1, 0.15) is 12.5 Å². The number of rotatable bonds is 3. The number of hydrogen-bond donors (Lipinski definition) is 0. The van der Waals surface area contributed by atoms with E-state index in [4.69, 9.17) is 4.74 Å². The maximum absolute atomic E-state index is 5.62. The second kappa shape index (κ2) is 4.75. The molecular formula is C13H14N2O. The van der Waals surface area contributed by atoms with E-state index in [-0.39, 0.29) is 0 Å². The van der Waals surface area contributed by atoms with E-state index in [0.717, 1.165) is 22.7 Å². The van der Waals surface area contributed by atoms with Crippen LogP contribution in [0, 0.1) is 6.92 Å². The van der Waals surface area contributed by atoms with Crippen molar-refractivity contribution in [3.8, 4) is 17.1 Å². The molecule has 0 saturated heterocycles. The smallest absolute Gasteiger partial charge is 0.150 e. The van der Waals surface area contributed by atoms with Gasteiger partial charge >= 0.3 is 0 Å². The second-order valence-corrected chi connectivity index (χ2v) is 3.45. The number of aromatic nitrogens is 2. The Morgan fingerprint density at radius 1 is 1.12 bits per heavy atom. The Balaban J connectivity index is 2.52. The molecule has 0 amide bonds. The second-order valence-electron chi connectivity index (χ2n) is 3.45. The Hall–Kier alpha value is -1.90. The van der Waals surface area contributed by atoms with Crippen molar-refractivity contribution >= 4 is 0 Å². The number of hydrogen-bond acceptors (Lipinski definition) is 3. The molecular weight excluding hydrogens is 200 g/mol. The Morgan fingerprint density at radius 3 is 2.69 bits per heavy atom. The topological polar surface area (TPSA) is 35.0 Å². The van der Waals surface area contributed by atoms with Gasteiger partial charge in [-0.05, 0) is 37.6 Å². The van der Waals surface area contributed by atoms with Gasteiger partial charge in [-0.1, -0.05) is 6.07 Å². The van der Waals surface area contributed by atoms with Crippen LogP contribution in [0.25, 0.3) is 11.4 Å². The van der Waals surface area contributed by atoms with Gasteiger partial charge < -0.3 is 4.74 Å². The molecule has 0 fully saturated rings. The van der Waals surface area contributed by atoms with Gasteiger partial charge in [0.25, 0.3) is 0 Å². The summed E-state index contributed by atoms with van der Waals surface area (Å²) in [6.45, 7) is 4.61. The SMILES string of the molecule is CCOc1c(C)ccnc1-c1ccccn1. The molecule has 0 atom stereocenters. The standard InChI is InChI=1S/C13H14N2O/c1-3-16-13-10(2)7-9-15-12(13)11-6-4-5-8-14-11/h4-9H,3H2,1-2H3. The first-order valence-corrected chi connectivity index (χ1v) is 5.32. The molecule has 0 spiro atoms. The normalized spacial score (nSPS) is 10.1. The molecule has 2 rings (SSSR count). The lowest BCUT2D eigenvalue weighted by Crippen LogP contribution is -1.99. The highest BCUT2D eigenvalue weighted by molar-refractivity contribution is 5.64. The Morgan fingerprint density at radius 2 is 2.00 bits per heavy atom. The molecule has 2 aromatic heterocycles. The van der Waals surface area contributed by atoms with Crippen LogP contribution >= 0.6 is 0 Å². The highest BCUT2D eigenvalue weighted by Crippen LogP contribution is 2.29. The lowest BCUT2D eigenvalue weighted by atomic mass is 10.1. The van der Waals surface area contributed by atoms with E-state index < -0.39 is 0 Å². The minimum Gasteiger partial charge on any atom is -0.491 e. The largest absolute Gasteiger partial charge is 0.491 e. The molecule has 2 aromatic rings. The van der Waals surface area contributed by atoms with E-state index in [0.29, 0.717) is 6.61 Å². The van der Waals surface area contributed by atoms with Crippen LogP contribution in [0.5, 0.6) is 5.75 Å². The van der Waals surface area contributed by atoms with Gasteiger partial charge in [-0.2, -0.15) is 0 Å². The molecule has 0 aromatic carbocycles. The van der Waals surface area contributed by atoms with E-state index in [1.54, 1.807) is 12.4 Å². The van der Waals surface area contributed by atoms with E-state index in [1.807, 2.05) is 38.1 Å². The van der Waals surface area contributed by atoms with Gasteiger partial charge in [0.2, 0.25) is 0 Å². The summed E-state index contributed by atoms with van der Waals surface area (Å²) in [5.41, 5.74) is 2.73. The van der Waals surface area contributed by atoms with Gasteiger partial charge in [-0.25, -0.2) is 0 Å². The van der Waals surface area contributed by atoms with Crippen LogP contribution in [0.4, 0.5) is 0 Å². The first kappa shape index (κ1) is 10.6. The van der Waals surface area contributed by atoms with Crippen LogP contribution in [0.2, 0.25) is 0 Å². The van der Waals surface area contributed by atoms with Gasteiger partial charge in [0, 0.05) is 12.4 Å². The summed E-state index contributed by atoms with van der Waals surface area (Å²) in [6, 6.07) is 7.71. The predicted octanol–water partition coefficient (Wildman–Crippen LogP) is 2.85. The van der Waals surface area contributed by atoms with Gasteiger partial charge in [-0.3, -0.25) is 9.97 Å². The minimum atomic E-state index is 0.631. The maximum atomic E-state index is 5.62. The average Bonchev–Trinajstić information content (AvgIpc) is 2.33. The summed E-state index contributed by atoms with van der Waals surface area (Å²) in [6.07, 6.45) is 3.54. The first-order valence-electron chi connectivity index (χ1n) is 5.32. The summed E-state index contributed by atoms with van der Waals surface area (Å²) in [4.78, 5) is 8.63. The van der Waals surface area contributed by atoms with Crippen molar-refractivity contribution in [3.05, 3.63) is 42.2 Å². The Kier molecular flexibility index (Phi) is 3.15. The monoisotopic (exact) mass is 214 g/mol. The molecule has 3 heteroatoms. The summed E-state index contributed by atoms with van der Waals surface area (Å²) in [5.74, 6) is 0.823. The fourth-order valence-electron chi connectivity index (χ4n) is 1.56. The molecule has 0 unspecified atom stereocenters. The van der Waals surface area contributed by atoms with Gasteiger partial charge in [0.05, 0.1) is 12.3 Å². The number of aryl methyl sites for hydroxylation is 1. The van der Waals surface area contributed by atoms with Crippen LogP contribution in [0.3, 0.4) is 0 Å². The molecule has 3 nitrogen and oxygen atoms in total. The fourth-order valence-corrected chi connectivity index (χ4v) is 1.56. The molecule has 0 bridgehead atoms. The maximum Gasteiger partial charge on any atom is 0.150 e. The number of nitrogens with zero attached hydrogens (tertiary/aromatic N) is 2. The molecule has 0 aliphatic heterocycles. The lowest BCUT2D eigenvalue weighted by molar-refractivity contribution is 0.338. The lowest BCUT2D eigenvalue weighted by Gasteiger charge is -2.11. The zero-order valence-corrected chi connectivity index (χ0v) is 9.47. The molecule has 82 valence electrons. The zero-order chi connectivity index (χ0) is 11.4. The quantitative estimate of drug-likeness (QED) is 0.788. The van der Waals surface area contributed by atoms with Crippen LogP contribution in [-0.2, 0) is 0 Å². The van der Waals surface area contributed by atoms with Crippen molar-refractivity contribution in [2.75, 3.05) is 6.61 Å². The van der Waals surface area contributed by atoms with E-state index in [9.17, 15) is 0 Å². The zero-order valence-electron chi connectivity index (χ0n) is 9.47. The Bertz CT molecular complexity index is 469. The van der Waals surface area contributed by atoms with Gasteiger partial charge in [0.15, 0.2) is 0 Å². The summed E-state index contributed by atoms with van der Waals surface area (Å²) in [7, 11) is 0. The van der Waals surface area contributed by atoms with Crippen LogP contribution in [0.15, 0.2) is 36.7 Å². The molecule has 0 N–H and O–H groups in total. The molecule has 2 heterocycles. The van der Waals surface area contributed by atoms with E-state index >= 15 is 0 Å². The molecule has 0 aliphatic carbocycles. The number of ether oxygens (including phenoxy) is 1. The van der Waals surface area contributed by atoms with E-state index in [1.165, 1.54) is 0 Å². The van der Waals surface area contributed by atoms with Crippen molar-refractivity contribution in [2.45, 2.75) is 13.8 Å². The summed E-state index contributed by atoms with van der Waals surface area (Å²) < 4.78 is 5.62. The predicted molar refractivity (Wildman–Crippen MR) is 63.4 cm³/mol. The third-order valence-corrected chi connectivity index (χ3v) is 2.30. The Labute approximate surface area is 95.1 Å². The molecule has 0 aliphatic rings. The summed E-state index contributed by atoms with van der Waals surface area (Å²) in [5, 5.41) is 0.